The molecular weight excluding hydrogens is 272 g/mol. The molecule has 2 rings (SSSR count). The molecular formula is C11H10N2O3S2. The summed E-state index contributed by atoms with van der Waals surface area (Å²) < 4.78 is 22.5. The van der Waals surface area contributed by atoms with Crippen molar-refractivity contribution in [1.29, 1.82) is 5.41 Å². The fourth-order valence-electron chi connectivity index (χ4n) is 1.40. The number of amides is 1. The first-order valence-corrected chi connectivity index (χ1v) is 7.66. The van der Waals surface area contributed by atoms with Crippen LogP contribution in [0.15, 0.2) is 34.1 Å². The van der Waals surface area contributed by atoms with E-state index in [0.29, 0.717) is 4.91 Å². The Hall–Kier alpha value is -1.60. The quantitative estimate of drug-likeness (QED) is 0.799. The van der Waals surface area contributed by atoms with Crippen LogP contribution in [-0.4, -0.2) is 25.7 Å². The van der Waals surface area contributed by atoms with Gasteiger partial charge < -0.3 is 5.32 Å². The Balaban J connectivity index is 2.29. The Kier molecular flexibility index (Phi) is 3.27. The Morgan fingerprint density at radius 3 is 2.33 bits per heavy atom. The average molecular weight is 282 g/mol. The van der Waals surface area contributed by atoms with Crippen molar-refractivity contribution in [2.24, 2.45) is 0 Å². The highest BCUT2D eigenvalue weighted by atomic mass is 32.2. The molecule has 1 fully saturated rings. The molecule has 0 unspecified atom stereocenters. The summed E-state index contributed by atoms with van der Waals surface area (Å²) in [7, 11) is -3.21. The van der Waals surface area contributed by atoms with E-state index in [9.17, 15) is 13.2 Å². The zero-order valence-electron chi connectivity index (χ0n) is 9.43. The Bertz CT molecular complexity index is 645. The normalized spacial score (nSPS) is 18.2. The predicted octanol–water partition coefficient (Wildman–Crippen LogP) is 1.23. The number of sulfone groups is 1. The third-order valence-electron chi connectivity index (χ3n) is 2.27. The first-order chi connectivity index (χ1) is 8.36. The number of carbonyl (C=O) groups excluding carboxylic acids is 1. The molecule has 1 aliphatic heterocycles. The second-order valence-corrected chi connectivity index (χ2v) is 6.80. The van der Waals surface area contributed by atoms with Gasteiger partial charge in [-0.25, -0.2) is 8.42 Å². The van der Waals surface area contributed by atoms with E-state index in [1.165, 1.54) is 12.1 Å². The van der Waals surface area contributed by atoms with Gasteiger partial charge >= 0.3 is 0 Å². The lowest BCUT2D eigenvalue weighted by molar-refractivity contribution is -0.115. The summed E-state index contributed by atoms with van der Waals surface area (Å²) in [6.07, 6.45) is 2.76. The van der Waals surface area contributed by atoms with E-state index in [2.05, 4.69) is 5.32 Å². The minimum Gasteiger partial charge on any atom is -0.301 e. The van der Waals surface area contributed by atoms with Crippen LogP contribution in [0.2, 0.25) is 0 Å². The smallest absolute Gasteiger partial charge is 0.264 e. The van der Waals surface area contributed by atoms with Crippen molar-refractivity contribution in [1.82, 2.24) is 5.32 Å². The number of amidine groups is 1. The minimum atomic E-state index is -3.21. The first-order valence-electron chi connectivity index (χ1n) is 4.96. The standard InChI is InChI=1S/C11H10N2O3S2/c1-18(15,16)8-4-2-7(3-5-8)6-9-10(14)13-11(12)17-9/h2-6H,1H3,(H2,12,13,14)/b9-6-. The fourth-order valence-corrected chi connectivity index (χ4v) is 2.74. The van der Waals surface area contributed by atoms with E-state index < -0.39 is 9.84 Å². The van der Waals surface area contributed by atoms with Crippen LogP contribution in [0, 0.1) is 5.41 Å². The van der Waals surface area contributed by atoms with Gasteiger partial charge in [0.1, 0.15) is 0 Å². The summed E-state index contributed by atoms with van der Waals surface area (Å²) in [6, 6.07) is 6.23. The van der Waals surface area contributed by atoms with Crippen LogP contribution < -0.4 is 5.32 Å². The van der Waals surface area contributed by atoms with Crippen molar-refractivity contribution in [2.45, 2.75) is 4.90 Å². The van der Waals surface area contributed by atoms with Crippen LogP contribution in [0.3, 0.4) is 0 Å². The number of hydrogen-bond donors (Lipinski definition) is 2. The van der Waals surface area contributed by atoms with Crippen LogP contribution in [0.1, 0.15) is 5.56 Å². The van der Waals surface area contributed by atoms with E-state index in [0.717, 1.165) is 23.6 Å². The van der Waals surface area contributed by atoms with E-state index in [4.69, 9.17) is 5.41 Å². The van der Waals surface area contributed by atoms with Crippen molar-refractivity contribution in [3.05, 3.63) is 34.7 Å². The molecule has 0 aromatic heterocycles. The number of carbonyl (C=O) groups is 1. The molecule has 7 heteroatoms. The molecule has 5 nitrogen and oxygen atoms in total. The molecule has 0 radical (unpaired) electrons. The molecule has 1 aliphatic rings. The van der Waals surface area contributed by atoms with Gasteiger partial charge in [0.25, 0.3) is 5.91 Å². The SMILES string of the molecule is CS(=O)(=O)c1ccc(/C=C2\SC(=N)NC2=O)cc1. The summed E-state index contributed by atoms with van der Waals surface area (Å²) in [5.41, 5.74) is 0.717. The predicted molar refractivity (Wildman–Crippen MR) is 71.0 cm³/mol. The molecule has 1 saturated heterocycles. The molecule has 0 saturated carbocycles. The number of rotatable bonds is 2. The maximum atomic E-state index is 11.4. The molecule has 2 N–H and O–H groups in total. The molecule has 18 heavy (non-hydrogen) atoms. The van der Waals surface area contributed by atoms with E-state index >= 15 is 0 Å². The maximum absolute atomic E-state index is 11.4. The van der Waals surface area contributed by atoms with Gasteiger partial charge in [0.05, 0.1) is 9.80 Å². The molecule has 0 aliphatic carbocycles. The van der Waals surface area contributed by atoms with E-state index in [1.807, 2.05) is 0 Å². The van der Waals surface area contributed by atoms with Crippen molar-refractivity contribution in [2.75, 3.05) is 6.26 Å². The average Bonchev–Trinajstić information content (AvgIpc) is 2.57. The lowest BCUT2D eigenvalue weighted by Crippen LogP contribution is -2.18. The maximum Gasteiger partial charge on any atom is 0.264 e. The summed E-state index contributed by atoms with van der Waals surface area (Å²) in [4.78, 5) is 12.0. The number of thioether (sulfide) groups is 1. The summed E-state index contributed by atoms with van der Waals surface area (Å²) in [5.74, 6) is -0.308. The lowest BCUT2D eigenvalue weighted by Gasteiger charge is -1.99. The zero-order valence-corrected chi connectivity index (χ0v) is 11.1. The van der Waals surface area contributed by atoms with Crippen LogP contribution in [0.25, 0.3) is 6.08 Å². The van der Waals surface area contributed by atoms with E-state index in [1.54, 1.807) is 18.2 Å². The van der Waals surface area contributed by atoms with Gasteiger partial charge in [-0.2, -0.15) is 0 Å². The van der Waals surface area contributed by atoms with Crippen LogP contribution in [0.5, 0.6) is 0 Å². The number of benzene rings is 1. The van der Waals surface area contributed by atoms with Gasteiger partial charge in [-0.3, -0.25) is 10.2 Å². The van der Waals surface area contributed by atoms with E-state index in [-0.39, 0.29) is 16.0 Å². The minimum absolute atomic E-state index is 0.0963. The largest absolute Gasteiger partial charge is 0.301 e. The molecule has 0 spiro atoms. The lowest BCUT2D eigenvalue weighted by atomic mass is 10.2. The van der Waals surface area contributed by atoms with Crippen molar-refractivity contribution in [3.8, 4) is 0 Å². The van der Waals surface area contributed by atoms with Crippen molar-refractivity contribution < 1.29 is 13.2 Å². The molecule has 1 amide bonds. The van der Waals surface area contributed by atoms with Crippen LogP contribution in [-0.2, 0) is 14.6 Å². The number of nitrogens with one attached hydrogen (secondary N) is 2. The van der Waals surface area contributed by atoms with Crippen LogP contribution >= 0.6 is 11.8 Å². The molecule has 1 aromatic rings. The second kappa shape index (κ2) is 4.58. The molecule has 1 aromatic carbocycles. The Labute approximate surface area is 109 Å². The van der Waals surface area contributed by atoms with Gasteiger partial charge in [-0.15, -0.1) is 0 Å². The van der Waals surface area contributed by atoms with Crippen molar-refractivity contribution >= 4 is 38.7 Å². The monoisotopic (exact) mass is 282 g/mol. The molecule has 0 bridgehead atoms. The van der Waals surface area contributed by atoms with Crippen molar-refractivity contribution in [3.63, 3.8) is 0 Å². The fraction of sp³-hybridized carbons (Fsp3) is 0.0909. The van der Waals surface area contributed by atoms with Gasteiger partial charge in [0.15, 0.2) is 15.0 Å². The zero-order chi connectivity index (χ0) is 13.3. The third-order valence-corrected chi connectivity index (χ3v) is 4.23. The topological polar surface area (TPSA) is 87.1 Å². The highest BCUT2D eigenvalue weighted by Gasteiger charge is 2.22. The second-order valence-electron chi connectivity index (χ2n) is 3.74. The first kappa shape index (κ1) is 12.8. The third kappa shape index (κ3) is 2.80. The summed E-state index contributed by atoms with van der Waals surface area (Å²) >= 11 is 1.04. The molecule has 1 heterocycles. The molecule has 94 valence electrons. The highest BCUT2D eigenvalue weighted by Crippen LogP contribution is 2.25. The molecule has 0 atom stereocenters. The number of hydrogen-bond acceptors (Lipinski definition) is 5. The summed E-state index contributed by atoms with van der Waals surface area (Å²) in [5, 5.41) is 9.76. The van der Waals surface area contributed by atoms with Gasteiger partial charge in [0, 0.05) is 6.26 Å². The van der Waals surface area contributed by atoms with Gasteiger partial charge in [-0.05, 0) is 35.5 Å². The van der Waals surface area contributed by atoms with Gasteiger partial charge in [0.2, 0.25) is 0 Å². The van der Waals surface area contributed by atoms with Gasteiger partial charge in [-0.1, -0.05) is 12.1 Å². The summed E-state index contributed by atoms with van der Waals surface area (Å²) in [6.45, 7) is 0. The highest BCUT2D eigenvalue weighted by molar-refractivity contribution is 8.18. The Morgan fingerprint density at radius 1 is 1.28 bits per heavy atom. The Morgan fingerprint density at radius 2 is 1.89 bits per heavy atom. The van der Waals surface area contributed by atoms with Crippen LogP contribution in [0.4, 0.5) is 0 Å².